The van der Waals surface area contributed by atoms with Crippen molar-refractivity contribution in [1.82, 2.24) is 0 Å². The molecule has 0 N–H and O–H groups in total. The molecule has 0 unspecified atom stereocenters. The van der Waals surface area contributed by atoms with E-state index in [2.05, 4.69) is 13.8 Å². The van der Waals surface area contributed by atoms with E-state index in [0.717, 1.165) is 32.0 Å². The van der Waals surface area contributed by atoms with Gasteiger partial charge >= 0.3 is 0 Å². The van der Waals surface area contributed by atoms with Crippen molar-refractivity contribution in [1.29, 1.82) is 0 Å². The lowest BCUT2D eigenvalue weighted by Crippen LogP contribution is -2.06. The number of aldehydes is 1. The maximum atomic E-state index is 11.4. The average Bonchev–Trinajstić information content (AvgIpc) is 2.53. The van der Waals surface area contributed by atoms with Crippen LogP contribution in [0.3, 0.4) is 0 Å². The molecule has 0 saturated carbocycles. The number of hydrogen-bond donors (Lipinski definition) is 0. The monoisotopic (exact) mass is 310 g/mol. The summed E-state index contributed by atoms with van der Waals surface area (Å²) >= 11 is 0. The Morgan fingerprint density at radius 2 is 1.55 bits per heavy atom. The first-order valence-corrected chi connectivity index (χ1v) is 7.77. The number of rotatable bonds is 12. The summed E-state index contributed by atoms with van der Waals surface area (Å²) in [6.07, 6.45) is 4.71. The van der Waals surface area contributed by atoms with E-state index in [4.69, 9.17) is 18.9 Å². The van der Waals surface area contributed by atoms with Gasteiger partial charge in [-0.15, -0.1) is 0 Å². The maximum absolute atomic E-state index is 11.4. The van der Waals surface area contributed by atoms with Crippen LogP contribution in [0.15, 0.2) is 12.1 Å². The Morgan fingerprint density at radius 3 is 2.09 bits per heavy atom. The van der Waals surface area contributed by atoms with Crippen molar-refractivity contribution >= 4 is 6.29 Å². The number of unbranched alkanes of at least 4 members (excludes halogenated alkanes) is 2. The number of methoxy groups -OCH3 is 1. The van der Waals surface area contributed by atoms with Crippen LogP contribution in [0.5, 0.6) is 17.2 Å². The summed E-state index contributed by atoms with van der Waals surface area (Å²) in [4.78, 5) is 11.4. The Labute approximate surface area is 132 Å². The van der Waals surface area contributed by atoms with Crippen LogP contribution in [0.25, 0.3) is 0 Å². The van der Waals surface area contributed by atoms with Crippen molar-refractivity contribution in [2.75, 3.05) is 27.1 Å². The Balaban J connectivity index is 2.96. The molecule has 0 bridgehead atoms. The normalized spacial score (nSPS) is 10.3. The minimum atomic E-state index is 0.0631. The second kappa shape index (κ2) is 10.9. The van der Waals surface area contributed by atoms with Crippen LogP contribution in [0.4, 0.5) is 0 Å². The van der Waals surface area contributed by atoms with E-state index in [-0.39, 0.29) is 6.79 Å². The minimum Gasteiger partial charge on any atom is -0.493 e. The third-order valence-corrected chi connectivity index (χ3v) is 3.05. The summed E-state index contributed by atoms with van der Waals surface area (Å²) in [5.41, 5.74) is 0.385. The molecule has 1 aromatic rings. The van der Waals surface area contributed by atoms with E-state index in [1.54, 1.807) is 12.1 Å². The lowest BCUT2D eigenvalue weighted by Gasteiger charge is -2.15. The van der Waals surface area contributed by atoms with Gasteiger partial charge in [-0.2, -0.15) is 0 Å². The van der Waals surface area contributed by atoms with Crippen LogP contribution in [0, 0.1) is 0 Å². The number of hydrogen-bond acceptors (Lipinski definition) is 5. The summed E-state index contributed by atoms with van der Waals surface area (Å²) in [5, 5.41) is 0. The molecule has 0 spiro atoms. The lowest BCUT2D eigenvalue weighted by atomic mass is 10.2. The Morgan fingerprint density at radius 1 is 0.955 bits per heavy atom. The molecule has 0 amide bonds. The van der Waals surface area contributed by atoms with Gasteiger partial charge in [-0.25, -0.2) is 0 Å². The lowest BCUT2D eigenvalue weighted by molar-refractivity contribution is 0.0501. The van der Waals surface area contributed by atoms with Crippen LogP contribution in [-0.2, 0) is 4.74 Å². The molecular weight excluding hydrogens is 284 g/mol. The molecule has 1 rings (SSSR count). The van der Waals surface area contributed by atoms with Gasteiger partial charge in [0.15, 0.2) is 13.1 Å². The number of ether oxygens (including phenoxy) is 4. The van der Waals surface area contributed by atoms with Gasteiger partial charge < -0.3 is 18.9 Å². The smallest absolute Gasteiger partial charge is 0.188 e. The van der Waals surface area contributed by atoms with Crippen LogP contribution in [0.1, 0.15) is 49.9 Å². The Kier molecular flexibility index (Phi) is 9.07. The van der Waals surface area contributed by atoms with Crippen LogP contribution >= 0.6 is 0 Å². The van der Waals surface area contributed by atoms with Gasteiger partial charge in [0.1, 0.15) is 17.2 Å². The van der Waals surface area contributed by atoms with Crippen molar-refractivity contribution < 1.29 is 23.7 Å². The molecule has 0 aliphatic carbocycles. The fourth-order valence-corrected chi connectivity index (χ4v) is 1.80. The first-order valence-electron chi connectivity index (χ1n) is 7.77. The van der Waals surface area contributed by atoms with Crippen molar-refractivity contribution in [3.63, 3.8) is 0 Å². The van der Waals surface area contributed by atoms with E-state index >= 15 is 0 Å². The first kappa shape index (κ1) is 18.3. The fourth-order valence-electron chi connectivity index (χ4n) is 1.80. The summed E-state index contributed by atoms with van der Waals surface area (Å²) < 4.78 is 21.8. The second-order valence-electron chi connectivity index (χ2n) is 4.91. The Bertz CT molecular complexity index is 445. The largest absolute Gasteiger partial charge is 0.493 e. The summed E-state index contributed by atoms with van der Waals surface area (Å²) in [6, 6.07) is 3.44. The molecule has 0 saturated heterocycles. The SMILES string of the molecule is CCCCOc1cc(OCCCC)c(C=O)c(OCOC)c1. The number of carbonyl (C=O) groups excluding carboxylic acids is 1. The zero-order valence-electron chi connectivity index (χ0n) is 13.7. The molecule has 1 aromatic carbocycles. The van der Waals surface area contributed by atoms with Gasteiger partial charge in [0, 0.05) is 19.2 Å². The van der Waals surface area contributed by atoms with Gasteiger partial charge in [0.2, 0.25) is 0 Å². The number of carbonyl (C=O) groups is 1. The maximum Gasteiger partial charge on any atom is 0.188 e. The summed E-state index contributed by atoms with van der Waals surface area (Å²) in [6.45, 7) is 5.43. The fraction of sp³-hybridized carbons (Fsp3) is 0.588. The first-order chi connectivity index (χ1) is 10.8. The van der Waals surface area contributed by atoms with Crippen molar-refractivity contribution in [2.45, 2.75) is 39.5 Å². The summed E-state index contributed by atoms with van der Waals surface area (Å²) in [7, 11) is 1.53. The molecule has 5 nitrogen and oxygen atoms in total. The molecule has 5 heteroatoms. The van der Waals surface area contributed by atoms with Crippen LogP contribution in [-0.4, -0.2) is 33.4 Å². The second-order valence-corrected chi connectivity index (χ2v) is 4.91. The molecule has 0 aliphatic heterocycles. The van der Waals surface area contributed by atoms with E-state index in [0.29, 0.717) is 36.0 Å². The van der Waals surface area contributed by atoms with Crippen molar-refractivity contribution in [3.8, 4) is 17.2 Å². The highest BCUT2D eigenvalue weighted by Gasteiger charge is 2.14. The molecule has 22 heavy (non-hydrogen) atoms. The topological polar surface area (TPSA) is 54.0 Å². The summed E-state index contributed by atoms with van der Waals surface area (Å²) in [5.74, 6) is 1.54. The highest BCUT2D eigenvalue weighted by Crippen LogP contribution is 2.33. The predicted octanol–water partition coefficient (Wildman–Crippen LogP) is 3.84. The minimum absolute atomic E-state index is 0.0631. The molecule has 0 heterocycles. The predicted molar refractivity (Wildman–Crippen MR) is 85.1 cm³/mol. The molecule has 124 valence electrons. The van der Waals surface area contributed by atoms with Crippen LogP contribution < -0.4 is 14.2 Å². The number of benzene rings is 1. The Hall–Kier alpha value is -1.75. The molecule has 0 radical (unpaired) electrons. The quantitative estimate of drug-likeness (QED) is 0.333. The highest BCUT2D eigenvalue weighted by molar-refractivity contribution is 5.84. The van der Waals surface area contributed by atoms with Gasteiger partial charge in [-0.05, 0) is 12.8 Å². The van der Waals surface area contributed by atoms with Crippen molar-refractivity contribution in [3.05, 3.63) is 17.7 Å². The van der Waals surface area contributed by atoms with Gasteiger partial charge in [-0.3, -0.25) is 4.79 Å². The molecular formula is C17H26O5. The van der Waals surface area contributed by atoms with Crippen molar-refractivity contribution in [2.24, 2.45) is 0 Å². The van der Waals surface area contributed by atoms with E-state index < -0.39 is 0 Å². The van der Waals surface area contributed by atoms with E-state index in [9.17, 15) is 4.79 Å². The van der Waals surface area contributed by atoms with E-state index in [1.807, 2.05) is 0 Å². The molecule has 0 aromatic heterocycles. The standard InChI is InChI=1S/C17H26O5/c1-4-6-8-20-14-10-16(21-9-7-5-2)15(12-18)17(11-14)22-13-19-3/h10-12H,4-9,13H2,1-3H3. The van der Waals surface area contributed by atoms with Crippen LogP contribution in [0.2, 0.25) is 0 Å². The highest BCUT2D eigenvalue weighted by atomic mass is 16.7. The molecule has 0 fully saturated rings. The zero-order chi connectivity index (χ0) is 16.2. The van der Waals surface area contributed by atoms with Gasteiger partial charge in [0.05, 0.1) is 18.8 Å². The third-order valence-electron chi connectivity index (χ3n) is 3.05. The average molecular weight is 310 g/mol. The zero-order valence-corrected chi connectivity index (χ0v) is 13.7. The van der Waals surface area contributed by atoms with E-state index in [1.165, 1.54) is 7.11 Å². The molecule has 0 atom stereocenters. The molecule has 0 aliphatic rings. The van der Waals surface area contributed by atoms with Gasteiger partial charge in [-0.1, -0.05) is 26.7 Å². The van der Waals surface area contributed by atoms with Gasteiger partial charge in [0.25, 0.3) is 0 Å². The third kappa shape index (κ3) is 5.93.